The summed E-state index contributed by atoms with van der Waals surface area (Å²) in [6, 6.07) is 4.69. The fourth-order valence-corrected chi connectivity index (χ4v) is 4.02. The number of benzene rings is 1. The van der Waals surface area contributed by atoms with E-state index < -0.39 is 10.0 Å². The van der Waals surface area contributed by atoms with Gasteiger partial charge in [-0.1, -0.05) is 11.6 Å². The van der Waals surface area contributed by atoms with Crippen LogP contribution >= 0.6 is 11.6 Å². The molecule has 0 amide bonds. The minimum absolute atomic E-state index is 0.0761. The Hall–Kier alpha value is -0.820. The molecule has 0 atom stereocenters. The molecule has 1 fully saturated rings. The second-order valence-corrected chi connectivity index (χ2v) is 6.85. The molecule has 0 unspecified atom stereocenters. The van der Waals surface area contributed by atoms with E-state index >= 15 is 0 Å². The van der Waals surface area contributed by atoms with Gasteiger partial charge in [-0.2, -0.15) is 4.31 Å². The van der Waals surface area contributed by atoms with E-state index in [-0.39, 0.29) is 16.0 Å². The number of halogens is 1. The number of hydrogen-bond acceptors (Lipinski definition) is 4. The molecule has 2 N–H and O–H groups in total. The van der Waals surface area contributed by atoms with Gasteiger partial charge >= 0.3 is 0 Å². The first-order valence-electron chi connectivity index (χ1n) is 6.04. The predicted octanol–water partition coefficient (Wildman–Crippen LogP) is 1.46. The number of ether oxygens (including phenoxy) is 1. The van der Waals surface area contributed by atoms with Gasteiger partial charge in [0, 0.05) is 25.2 Å². The van der Waals surface area contributed by atoms with Crippen molar-refractivity contribution in [1.82, 2.24) is 4.31 Å². The fraction of sp³-hybridized carbons (Fsp3) is 0.500. The minimum atomic E-state index is -3.58. The lowest BCUT2D eigenvalue weighted by Gasteiger charge is -2.29. The molecule has 0 aromatic heterocycles. The van der Waals surface area contributed by atoms with Crippen molar-refractivity contribution in [3.8, 4) is 5.75 Å². The fourth-order valence-electron chi connectivity index (χ4n) is 2.06. The van der Waals surface area contributed by atoms with Gasteiger partial charge in [-0.05, 0) is 25.0 Å². The van der Waals surface area contributed by atoms with Gasteiger partial charge in [0.1, 0.15) is 10.6 Å². The lowest BCUT2D eigenvalue weighted by molar-refractivity contribution is 0.320. The monoisotopic (exact) mass is 304 g/mol. The molecule has 0 aliphatic carbocycles. The van der Waals surface area contributed by atoms with Gasteiger partial charge in [-0.3, -0.25) is 0 Å². The molecule has 1 aromatic carbocycles. The molecule has 1 aliphatic rings. The van der Waals surface area contributed by atoms with Gasteiger partial charge in [0.2, 0.25) is 10.0 Å². The zero-order valence-corrected chi connectivity index (χ0v) is 12.2. The van der Waals surface area contributed by atoms with Crippen molar-refractivity contribution in [1.29, 1.82) is 0 Å². The van der Waals surface area contributed by atoms with Gasteiger partial charge in [-0.15, -0.1) is 0 Å². The molecular weight excluding hydrogens is 288 g/mol. The summed E-state index contributed by atoms with van der Waals surface area (Å²) in [6.07, 6.45) is 1.33. The molecule has 1 heterocycles. The first kappa shape index (κ1) is 14.6. The lowest BCUT2D eigenvalue weighted by Crippen LogP contribution is -2.42. The highest BCUT2D eigenvalue weighted by molar-refractivity contribution is 7.89. The van der Waals surface area contributed by atoms with Crippen LogP contribution in [0.4, 0.5) is 0 Å². The van der Waals surface area contributed by atoms with Crippen LogP contribution < -0.4 is 10.5 Å². The molecule has 1 saturated heterocycles. The quantitative estimate of drug-likeness (QED) is 0.917. The molecule has 1 aromatic rings. The number of hydrogen-bond donors (Lipinski definition) is 1. The van der Waals surface area contributed by atoms with E-state index in [1.807, 2.05) is 0 Å². The van der Waals surface area contributed by atoms with E-state index in [9.17, 15) is 8.42 Å². The van der Waals surface area contributed by atoms with Gasteiger partial charge in [0.05, 0.1) is 12.1 Å². The lowest BCUT2D eigenvalue weighted by atomic mass is 10.1. The number of nitrogens with two attached hydrogens (primary N) is 1. The molecule has 0 spiro atoms. The van der Waals surface area contributed by atoms with Crippen LogP contribution in [0.3, 0.4) is 0 Å². The van der Waals surface area contributed by atoms with Crippen LogP contribution in [-0.2, 0) is 10.0 Å². The van der Waals surface area contributed by atoms with Crippen molar-refractivity contribution in [2.75, 3.05) is 20.2 Å². The average Bonchev–Trinajstić information content (AvgIpc) is 2.39. The van der Waals surface area contributed by atoms with E-state index in [1.165, 1.54) is 23.5 Å². The molecule has 2 rings (SSSR count). The third-order valence-corrected chi connectivity index (χ3v) is 5.63. The zero-order chi connectivity index (χ0) is 14.0. The van der Waals surface area contributed by atoms with Crippen LogP contribution in [0.25, 0.3) is 0 Å². The number of sulfonamides is 1. The summed E-state index contributed by atoms with van der Waals surface area (Å²) in [5.74, 6) is 0.469. The van der Waals surface area contributed by atoms with E-state index in [1.54, 1.807) is 6.07 Å². The van der Waals surface area contributed by atoms with E-state index in [4.69, 9.17) is 22.1 Å². The number of rotatable bonds is 3. The van der Waals surface area contributed by atoms with Crippen molar-refractivity contribution in [2.45, 2.75) is 23.8 Å². The maximum atomic E-state index is 12.5. The standard InChI is InChI=1S/C12H17ClN2O3S/c1-18-10-2-3-11(13)12(8-10)19(16,17)15-6-4-9(14)5-7-15/h2-3,8-9H,4-7,14H2,1H3. The summed E-state index contributed by atoms with van der Waals surface area (Å²) in [6.45, 7) is 0.855. The highest BCUT2D eigenvalue weighted by Crippen LogP contribution is 2.29. The SMILES string of the molecule is COc1ccc(Cl)c(S(=O)(=O)N2CCC(N)CC2)c1. The molecule has 0 radical (unpaired) electrons. The Bertz CT molecular complexity index is 554. The first-order valence-corrected chi connectivity index (χ1v) is 7.86. The molecular formula is C12H17ClN2O3S. The summed E-state index contributed by atoms with van der Waals surface area (Å²) in [7, 11) is -2.10. The maximum Gasteiger partial charge on any atom is 0.244 e. The summed E-state index contributed by atoms with van der Waals surface area (Å²) in [5.41, 5.74) is 5.79. The highest BCUT2D eigenvalue weighted by atomic mass is 35.5. The van der Waals surface area contributed by atoms with Crippen molar-refractivity contribution in [3.05, 3.63) is 23.2 Å². The predicted molar refractivity (Wildman–Crippen MR) is 74.0 cm³/mol. The second kappa shape index (κ2) is 5.66. The number of methoxy groups -OCH3 is 1. The average molecular weight is 305 g/mol. The topological polar surface area (TPSA) is 72.6 Å². The van der Waals surface area contributed by atoms with Gasteiger partial charge in [0.15, 0.2) is 0 Å². The molecule has 5 nitrogen and oxygen atoms in total. The van der Waals surface area contributed by atoms with Crippen molar-refractivity contribution < 1.29 is 13.2 Å². The Morgan fingerprint density at radius 2 is 2.00 bits per heavy atom. The highest BCUT2D eigenvalue weighted by Gasteiger charge is 2.30. The molecule has 19 heavy (non-hydrogen) atoms. The number of piperidine rings is 1. The van der Waals surface area contributed by atoms with Crippen molar-refractivity contribution in [3.63, 3.8) is 0 Å². The van der Waals surface area contributed by atoms with Gasteiger partial charge in [-0.25, -0.2) is 8.42 Å². The van der Waals surface area contributed by atoms with Crippen LogP contribution in [0, 0.1) is 0 Å². The molecule has 106 valence electrons. The van der Waals surface area contributed by atoms with Crippen LogP contribution in [-0.4, -0.2) is 39.0 Å². The van der Waals surface area contributed by atoms with E-state index in [0.29, 0.717) is 31.7 Å². The normalized spacial score (nSPS) is 18.5. The van der Waals surface area contributed by atoms with Gasteiger partial charge < -0.3 is 10.5 Å². The minimum Gasteiger partial charge on any atom is -0.497 e. The first-order chi connectivity index (χ1) is 8.95. The largest absolute Gasteiger partial charge is 0.497 e. The second-order valence-electron chi connectivity index (χ2n) is 4.54. The van der Waals surface area contributed by atoms with Crippen LogP contribution in [0.2, 0.25) is 5.02 Å². The Morgan fingerprint density at radius 1 is 1.37 bits per heavy atom. The molecule has 7 heteroatoms. The zero-order valence-electron chi connectivity index (χ0n) is 10.7. The van der Waals surface area contributed by atoms with Crippen LogP contribution in [0.1, 0.15) is 12.8 Å². The van der Waals surface area contributed by atoms with E-state index in [0.717, 1.165) is 0 Å². The Labute approximate surface area is 118 Å². The Morgan fingerprint density at radius 3 is 2.58 bits per heavy atom. The van der Waals surface area contributed by atoms with Crippen molar-refractivity contribution in [2.24, 2.45) is 5.73 Å². The number of nitrogens with zero attached hydrogens (tertiary/aromatic N) is 1. The maximum absolute atomic E-state index is 12.5. The van der Waals surface area contributed by atoms with Crippen molar-refractivity contribution >= 4 is 21.6 Å². The van der Waals surface area contributed by atoms with Crippen LogP contribution in [0.5, 0.6) is 5.75 Å². The van der Waals surface area contributed by atoms with Gasteiger partial charge in [0.25, 0.3) is 0 Å². The molecule has 0 saturated carbocycles. The summed E-state index contributed by atoms with van der Waals surface area (Å²) in [5, 5.41) is 0.204. The molecule has 0 bridgehead atoms. The summed E-state index contributed by atoms with van der Waals surface area (Å²) in [4.78, 5) is 0.0870. The smallest absolute Gasteiger partial charge is 0.244 e. The van der Waals surface area contributed by atoms with E-state index in [2.05, 4.69) is 0 Å². The third kappa shape index (κ3) is 3.02. The summed E-state index contributed by atoms with van der Waals surface area (Å²) < 4.78 is 31.5. The Balaban J connectivity index is 2.34. The third-order valence-electron chi connectivity index (χ3n) is 3.25. The van der Waals surface area contributed by atoms with Crippen LogP contribution in [0.15, 0.2) is 23.1 Å². The Kier molecular flexibility index (Phi) is 4.35. The summed E-state index contributed by atoms with van der Waals surface area (Å²) >= 11 is 6.00. The molecule has 1 aliphatic heterocycles.